The Morgan fingerprint density at radius 3 is 2.36 bits per heavy atom. The van der Waals surface area contributed by atoms with Gasteiger partial charge in [0.15, 0.2) is 5.65 Å². The van der Waals surface area contributed by atoms with Crippen molar-refractivity contribution in [2.45, 2.75) is 73.8 Å². The molecule has 3 fully saturated rings. The number of aliphatic hydroxyl groups excluding tert-OH is 2. The highest BCUT2D eigenvalue weighted by Gasteiger charge is 2.50. The van der Waals surface area contributed by atoms with Crippen molar-refractivity contribution in [3.8, 4) is 0 Å². The SMILES string of the molecule is Cc1ccc(S(=O)(=O)n2ccc3c2ncc2c(CC(O)CO)nc(C45CCC(N)(CC4)CC5)n23)cc1. The first-order valence-electron chi connectivity index (χ1n) is 12.4. The van der Waals surface area contributed by atoms with Crippen LogP contribution in [-0.4, -0.2) is 55.2 Å². The second-order valence-electron chi connectivity index (χ2n) is 10.7. The summed E-state index contributed by atoms with van der Waals surface area (Å²) in [4.78, 5) is 9.79. The van der Waals surface area contributed by atoms with Gasteiger partial charge in [0.05, 0.1) is 40.5 Å². The molecule has 1 unspecified atom stereocenters. The zero-order valence-corrected chi connectivity index (χ0v) is 21.1. The molecule has 7 rings (SSSR count). The molecule has 0 saturated heterocycles. The molecule has 3 aliphatic rings. The molecular weight excluding hydrogens is 478 g/mol. The molecular formula is C26H31N5O4S. The minimum Gasteiger partial charge on any atom is -0.394 e. The summed E-state index contributed by atoms with van der Waals surface area (Å²) in [6.45, 7) is 1.55. The van der Waals surface area contributed by atoms with E-state index in [1.165, 1.54) is 3.97 Å². The molecule has 0 aliphatic heterocycles. The molecule has 4 aromatic rings. The number of rotatable bonds is 6. The van der Waals surface area contributed by atoms with Crippen molar-refractivity contribution in [3.63, 3.8) is 0 Å². The van der Waals surface area contributed by atoms with E-state index in [2.05, 4.69) is 4.98 Å². The third kappa shape index (κ3) is 3.50. The van der Waals surface area contributed by atoms with Gasteiger partial charge in [-0.1, -0.05) is 17.7 Å². The number of aryl methyl sites for hydroxylation is 1. The molecule has 0 amide bonds. The van der Waals surface area contributed by atoms with Gasteiger partial charge in [0.2, 0.25) is 0 Å². The Morgan fingerprint density at radius 2 is 1.72 bits per heavy atom. The fourth-order valence-electron chi connectivity index (χ4n) is 6.03. The molecule has 3 aliphatic carbocycles. The van der Waals surface area contributed by atoms with E-state index in [0.29, 0.717) is 16.9 Å². The van der Waals surface area contributed by atoms with Crippen LogP contribution in [0.3, 0.4) is 0 Å². The van der Waals surface area contributed by atoms with Crippen LogP contribution in [0.25, 0.3) is 16.7 Å². The molecule has 1 aromatic carbocycles. The minimum absolute atomic E-state index is 0.104. The highest BCUT2D eigenvalue weighted by Crippen LogP contribution is 2.52. The summed E-state index contributed by atoms with van der Waals surface area (Å²) in [5, 5.41) is 19.7. The molecule has 36 heavy (non-hydrogen) atoms. The molecule has 3 saturated carbocycles. The number of fused-ring (bicyclic) bond motifs is 6. The number of hydrogen-bond donors (Lipinski definition) is 3. The van der Waals surface area contributed by atoms with Crippen LogP contribution in [0.1, 0.15) is 55.6 Å². The zero-order valence-electron chi connectivity index (χ0n) is 20.3. The summed E-state index contributed by atoms with van der Waals surface area (Å²) in [5.74, 6) is 0.872. The number of imidazole rings is 1. The number of hydrogen-bond acceptors (Lipinski definition) is 7. The van der Waals surface area contributed by atoms with Gasteiger partial charge in [-0.3, -0.25) is 4.40 Å². The third-order valence-electron chi connectivity index (χ3n) is 8.34. The number of aliphatic hydroxyl groups is 2. The lowest BCUT2D eigenvalue weighted by atomic mass is 9.57. The van der Waals surface area contributed by atoms with Crippen LogP contribution in [-0.2, 0) is 21.9 Å². The molecule has 10 heteroatoms. The van der Waals surface area contributed by atoms with E-state index in [0.717, 1.165) is 55.4 Å². The van der Waals surface area contributed by atoms with Gasteiger partial charge >= 0.3 is 0 Å². The summed E-state index contributed by atoms with van der Waals surface area (Å²) in [6.07, 6.45) is 7.94. The topological polar surface area (TPSA) is 136 Å². The van der Waals surface area contributed by atoms with Crippen LogP contribution >= 0.6 is 0 Å². The van der Waals surface area contributed by atoms with E-state index >= 15 is 0 Å². The van der Waals surface area contributed by atoms with Gasteiger partial charge in [-0.2, -0.15) is 0 Å². The highest BCUT2D eigenvalue weighted by molar-refractivity contribution is 7.90. The Bertz CT molecular complexity index is 1550. The van der Waals surface area contributed by atoms with Crippen molar-refractivity contribution in [1.29, 1.82) is 0 Å². The Labute approximate surface area is 209 Å². The standard InChI is InChI=1S/C26H31N5O4S/c1-17-2-4-19(5-3-17)36(34,35)30-13-6-21-23(30)28-15-22-20(14-18(33)16-32)29-24(31(21)22)25-7-10-26(27,11-8-25)12-9-25/h2-6,13,15,18,32-33H,7-12,14,16,27H2,1H3. The summed E-state index contributed by atoms with van der Waals surface area (Å²) >= 11 is 0. The average molecular weight is 510 g/mol. The van der Waals surface area contributed by atoms with Crippen LogP contribution in [0.2, 0.25) is 0 Å². The van der Waals surface area contributed by atoms with Crippen LogP contribution in [0.5, 0.6) is 0 Å². The van der Waals surface area contributed by atoms with Crippen LogP contribution < -0.4 is 5.73 Å². The van der Waals surface area contributed by atoms with E-state index in [1.54, 1.807) is 42.7 Å². The summed E-state index contributed by atoms with van der Waals surface area (Å²) < 4.78 is 30.3. The van der Waals surface area contributed by atoms with Crippen molar-refractivity contribution in [3.05, 3.63) is 59.8 Å². The average Bonchev–Trinajstić information content (AvgIpc) is 3.47. The lowest BCUT2D eigenvalue weighted by Crippen LogP contribution is -2.54. The Kier molecular flexibility index (Phi) is 5.31. The predicted octanol–water partition coefficient (Wildman–Crippen LogP) is 2.43. The van der Waals surface area contributed by atoms with E-state index in [1.807, 2.05) is 11.3 Å². The number of aromatic nitrogens is 4. The quantitative estimate of drug-likeness (QED) is 0.363. The van der Waals surface area contributed by atoms with Crippen LogP contribution in [0, 0.1) is 6.92 Å². The van der Waals surface area contributed by atoms with Crippen molar-refractivity contribution in [1.82, 2.24) is 18.3 Å². The van der Waals surface area contributed by atoms with Gasteiger partial charge in [0, 0.05) is 23.6 Å². The van der Waals surface area contributed by atoms with Crippen molar-refractivity contribution < 1.29 is 18.6 Å². The van der Waals surface area contributed by atoms with E-state index in [-0.39, 0.29) is 28.9 Å². The summed E-state index contributed by atoms with van der Waals surface area (Å²) in [7, 11) is -3.85. The number of benzene rings is 1. The van der Waals surface area contributed by atoms with Crippen molar-refractivity contribution in [2.75, 3.05) is 6.61 Å². The first kappa shape index (κ1) is 23.6. The number of nitrogens with two attached hydrogens (primary N) is 1. The maximum absolute atomic E-state index is 13.5. The molecule has 0 radical (unpaired) electrons. The Hall–Kier alpha value is -2.79. The van der Waals surface area contributed by atoms with Crippen LogP contribution in [0.4, 0.5) is 0 Å². The molecule has 3 heterocycles. The fraction of sp³-hybridized carbons (Fsp3) is 0.462. The lowest BCUT2D eigenvalue weighted by molar-refractivity contribution is 0.0938. The lowest BCUT2D eigenvalue weighted by Gasteiger charge is -2.51. The molecule has 3 aromatic heterocycles. The summed E-state index contributed by atoms with van der Waals surface area (Å²) in [6, 6.07) is 8.54. The first-order chi connectivity index (χ1) is 17.2. The molecule has 0 spiro atoms. The molecule has 1 atom stereocenters. The maximum Gasteiger partial charge on any atom is 0.269 e. The third-order valence-corrected chi connectivity index (χ3v) is 10.0. The Balaban J connectivity index is 1.57. The van der Waals surface area contributed by atoms with E-state index < -0.39 is 16.1 Å². The fourth-order valence-corrected chi connectivity index (χ4v) is 7.33. The first-order valence-corrected chi connectivity index (χ1v) is 13.9. The molecule has 2 bridgehead atoms. The highest BCUT2D eigenvalue weighted by atomic mass is 32.2. The van der Waals surface area contributed by atoms with Gasteiger partial charge in [-0.15, -0.1) is 0 Å². The second kappa shape index (κ2) is 8.11. The van der Waals surface area contributed by atoms with Crippen LogP contribution in [0.15, 0.2) is 47.6 Å². The van der Waals surface area contributed by atoms with Gasteiger partial charge in [0.1, 0.15) is 5.82 Å². The van der Waals surface area contributed by atoms with Gasteiger partial charge < -0.3 is 15.9 Å². The van der Waals surface area contributed by atoms with Gasteiger partial charge in [-0.25, -0.2) is 22.4 Å². The predicted molar refractivity (Wildman–Crippen MR) is 135 cm³/mol. The second-order valence-corrected chi connectivity index (χ2v) is 12.5. The van der Waals surface area contributed by atoms with E-state index in [4.69, 9.17) is 10.7 Å². The maximum atomic E-state index is 13.5. The molecule has 190 valence electrons. The summed E-state index contributed by atoms with van der Waals surface area (Å²) in [5.41, 5.74) is 9.63. The normalized spacial score (nSPS) is 25.1. The largest absolute Gasteiger partial charge is 0.394 e. The van der Waals surface area contributed by atoms with Gasteiger partial charge in [0.25, 0.3) is 10.0 Å². The molecule has 4 N–H and O–H groups in total. The number of nitrogens with zero attached hydrogens (tertiary/aromatic N) is 4. The Morgan fingerprint density at radius 1 is 1.06 bits per heavy atom. The van der Waals surface area contributed by atoms with Crippen molar-refractivity contribution in [2.24, 2.45) is 5.73 Å². The zero-order chi connectivity index (χ0) is 25.3. The minimum atomic E-state index is -3.85. The molecule has 9 nitrogen and oxygen atoms in total. The van der Waals surface area contributed by atoms with Crippen molar-refractivity contribution >= 4 is 26.7 Å². The van der Waals surface area contributed by atoms with E-state index in [9.17, 15) is 18.6 Å². The smallest absolute Gasteiger partial charge is 0.269 e. The van der Waals surface area contributed by atoms with Gasteiger partial charge in [-0.05, 0) is 63.6 Å². The monoisotopic (exact) mass is 509 g/mol.